The highest BCUT2D eigenvalue weighted by Crippen LogP contribution is 2.35. The van der Waals surface area contributed by atoms with Crippen LogP contribution in [0.4, 0.5) is 0 Å². The number of cyclic esters (lactones) is 1. The van der Waals surface area contributed by atoms with Crippen molar-refractivity contribution < 1.29 is 9.53 Å². The van der Waals surface area contributed by atoms with E-state index in [2.05, 4.69) is 9.80 Å². The van der Waals surface area contributed by atoms with E-state index >= 15 is 0 Å². The Morgan fingerprint density at radius 1 is 1.31 bits per heavy atom. The van der Waals surface area contributed by atoms with Crippen molar-refractivity contribution in [1.82, 2.24) is 9.80 Å². The molecule has 5 heteroatoms. The maximum atomic E-state index is 11.2. The Morgan fingerprint density at radius 3 is 2.54 bits per heavy atom. The normalized spacial score (nSPS) is 32.5. The summed E-state index contributed by atoms with van der Waals surface area (Å²) in [7, 11) is 0. The van der Waals surface area contributed by atoms with Gasteiger partial charge in [-0.25, -0.2) is 4.79 Å². The molecule has 3 aliphatic rings. The maximum absolute atomic E-state index is 11.2. The maximum Gasteiger partial charge on any atom is 0.353 e. The van der Waals surface area contributed by atoms with E-state index in [1.54, 1.807) is 0 Å². The molecule has 4 nitrogen and oxygen atoms in total. The second kappa shape index (κ2) is 2.39. The third kappa shape index (κ3) is 1.13. The quantitative estimate of drug-likeness (QED) is 0.462. The standard InChI is InChI=1S/C8H9ClN2O2/c9-5-6(10-1-2-10)7(11-3-4-11)13-8(5)12/h7H,1-4H2. The van der Waals surface area contributed by atoms with Crippen LogP contribution >= 0.6 is 11.6 Å². The van der Waals surface area contributed by atoms with Crippen molar-refractivity contribution >= 4 is 17.6 Å². The summed E-state index contributed by atoms with van der Waals surface area (Å²) >= 11 is 5.87. The molecule has 0 aliphatic carbocycles. The summed E-state index contributed by atoms with van der Waals surface area (Å²) in [5, 5.41) is 0.273. The van der Waals surface area contributed by atoms with Crippen LogP contribution in [0.3, 0.4) is 0 Å². The number of hydrogen-bond acceptors (Lipinski definition) is 4. The molecule has 70 valence electrons. The van der Waals surface area contributed by atoms with Crippen LogP contribution in [-0.4, -0.2) is 48.2 Å². The Balaban J connectivity index is 1.92. The van der Waals surface area contributed by atoms with E-state index in [9.17, 15) is 4.79 Å². The molecule has 3 aliphatic heterocycles. The number of esters is 1. The van der Waals surface area contributed by atoms with Crippen LogP contribution in [0, 0.1) is 0 Å². The van der Waals surface area contributed by atoms with Crippen molar-refractivity contribution in [2.24, 2.45) is 0 Å². The molecule has 1 unspecified atom stereocenters. The van der Waals surface area contributed by atoms with E-state index in [0.29, 0.717) is 0 Å². The van der Waals surface area contributed by atoms with Crippen LogP contribution in [0.2, 0.25) is 0 Å². The third-order valence-electron chi connectivity index (χ3n) is 2.46. The van der Waals surface area contributed by atoms with Crippen LogP contribution in [0.5, 0.6) is 0 Å². The third-order valence-corrected chi connectivity index (χ3v) is 2.81. The first-order valence-electron chi connectivity index (χ1n) is 4.37. The zero-order valence-electron chi connectivity index (χ0n) is 6.99. The van der Waals surface area contributed by atoms with Crippen molar-refractivity contribution in [3.05, 3.63) is 10.7 Å². The molecule has 0 spiro atoms. The summed E-state index contributed by atoms with van der Waals surface area (Å²) in [4.78, 5) is 15.4. The van der Waals surface area contributed by atoms with Crippen LogP contribution in [-0.2, 0) is 9.53 Å². The number of rotatable bonds is 2. The van der Waals surface area contributed by atoms with Gasteiger partial charge >= 0.3 is 5.97 Å². The van der Waals surface area contributed by atoms with E-state index in [0.717, 1.165) is 31.9 Å². The van der Waals surface area contributed by atoms with E-state index in [4.69, 9.17) is 16.3 Å². The van der Waals surface area contributed by atoms with Gasteiger partial charge in [-0.15, -0.1) is 0 Å². The highest BCUT2D eigenvalue weighted by molar-refractivity contribution is 6.42. The fraction of sp³-hybridized carbons (Fsp3) is 0.625. The van der Waals surface area contributed by atoms with Gasteiger partial charge in [-0.1, -0.05) is 11.6 Å². The van der Waals surface area contributed by atoms with E-state index in [1.807, 2.05) is 0 Å². The molecule has 0 bridgehead atoms. The van der Waals surface area contributed by atoms with Gasteiger partial charge in [0.05, 0.1) is 5.70 Å². The van der Waals surface area contributed by atoms with Gasteiger partial charge in [-0.2, -0.15) is 0 Å². The molecular weight excluding hydrogens is 192 g/mol. The average Bonchev–Trinajstić information content (AvgIpc) is 2.98. The highest BCUT2D eigenvalue weighted by Gasteiger charge is 2.45. The molecule has 0 aromatic rings. The predicted molar refractivity (Wildman–Crippen MR) is 45.9 cm³/mol. The first kappa shape index (κ1) is 7.64. The molecule has 0 saturated carbocycles. The highest BCUT2D eigenvalue weighted by atomic mass is 35.5. The topological polar surface area (TPSA) is 32.3 Å². The number of hydrogen-bond donors (Lipinski definition) is 0. The first-order valence-corrected chi connectivity index (χ1v) is 4.75. The molecule has 3 rings (SSSR count). The van der Waals surface area contributed by atoms with Gasteiger partial charge in [0.25, 0.3) is 0 Å². The Kier molecular flexibility index (Phi) is 1.41. The molecule has 0 amide bonds. The SMILES string of the molecule is O=C1OC(N2CC2)C(N2CC2)=C1Cl. The molecule has 0 aromatic carbocycles. The predicted octanol–water partition coefficient (Wildman–Crippen LogP) is -0.0491. The fourth-order valence-corrected chi connectivity index (χ4v) is 1.80. The van der Waals surface area contributed by atoms with Gasteiger partial charge in [0.2, 0.25) is 0 Å². The number of carbonyl (C=O) groups excluding carboxylic acids is 1. The molecule has 3 heterocycles. The molecule has 2 fully saturated rings. The van der Waals surface area contributed by atoms with Crippen LogP contribution < -0.4 is 0 Å². The molecule has 13 heavy (non-hydrogen) atoms. The van der Waals surface area contributed by atoms with Gasteiger partial charge in [0, 0.05) is 26.2 Å². The van der Waals surface area contributed by atoms with Crippen LogP contribution in [0.25, 0.3) is 0 Å². The minimum Gasteiger partial charge on any atom is -0.436 e. The zero-order chi connectivity index (χ0) is 9.00. The first-order chi connectivity index (χ1) is 6.27. The molecule has 1 atom stereocenters. The van der Waals surface area contributed by atoms with Gasteiger partial charge in [0.1, 0.15) is 5.03 Å². The van der Waals surface area contributed by atoms with Crippen molar-refractivity contribution in [3.8, 4) is 0 Å². The van der Waals surface area contributed by atoms with Gasteiger partial charge in [-0.3, -0.25) is 4.90 Å². The largest absolute Gasteiger partial charge is 0.436 e. The van der Waals surface area contributed by atoms with Crippen molar-refractivity contribution in [1.29, 1.82) is 0 Å². The Bertz CT molecular complexity index is 307. The second-order valence-corrected chi connectivity index (χ2v) is 3.86. The van der Waals surface area contributed by atoms with E-state index in [1.165, 1.54) is 0 Å². The summed E-state index contributed by atoms with van der Waals surface area (Å²) in [6.07, 6.45) is -0.192. The summed E-state index contributed by atoms with van der Waals surface area (Å²) in [5.41, 5.74) is 0.879. The summed E-state index contributed by atoms with van der Waals surface area (Å²) < 4.78 is 5.15. The van der Waals surface area contributed by atoms with Crippen LogP contribution in [0.15, 0.2) is 10.7 Å². The lowest BCUT2D eigenvalue weighted by molar-refractivity contribution is -0.142. The molecular formula is C8H9ClN2O2. The van der Waals surface area contributed by atoms with Crippen molar-refractivity contribution in [3.63, 3.8) is 0 Å². The lowest BCUT2D eigenvalue weighted by Crippen LogP contribution is -2.24. The summed E-state index contributed by atoms with van der Waals surface area (Å²) in [6, 6.07) is 0. The molecule has 2 saturated heterocycles. The van der Waals surface area contributed by atoms with Gasteiger partial charge < -0.3 is 9.64 Å². The Labute approximate surface area is 80.7 Å². The number of halogens is 1. The zero-order valence-corrected chi connectivity index (χ0v) is 7.75. The summed E-state index contributed by atoms with van der Waals surface area (Å²) in [6.45, 7) is 3.98. The molecule has 0 aromatic heterocycles. The lowest BCUT2D eigenvalue weighted by Gasteiger charge is -2.15. The monoisotopic (exact) mass is 200 g/mol. The van der Waals surface area contributed by atoms with Crippen molar-refractivity contribution in [2.45, 2.75) is 6.23 Å². The smallest absolute Gasteiger partial charge is 0.353 e. The second-order valence-electron chi connectivity index (χ2n) is 3.48. The number of ether oxygens (including phenoxy) is 1. The molecule has 0 radical (unpaired) electrons. The Hall–Kier alpha value is -0.740. The van der Waals surface area contributed by atoms with Gasteiger partial charge in [-0.05, 0) is 0 Å². The summed E-state index contributed by atoms with van der Waals surface area (Å²) in [5.74, 6) is -0.375. The van der Waals surface area contributed by atoms with E-state index in [-0.39, 0.29) is 17.2 Å². The fourth-order valence-electron chi connectivity index (χ4n) is 1.55. The lowest BCUT2D eigenvalue weighted by atomic mass is 10.4. The Morgan fingerprint density at radius 2 is 2.00 bits per heavy atom. The minimum atomic E-state index is -0.375. The van der Waals surface area contributed by atoms with Crippen molar-refractivity contribution in [2.75, 3.05) is 26.2 Å². The number of nitrogens with zero attached hydrogens (tertiary/aromatic N) is 2. The minimum absolute atomic E-state index is 0.192. The van der Waals surface area contributed by atoms with E-state index < -0.39 is 0 Å². The number of carbonyl (C=O) groups is 1. The molecule has 0 N–H and O–H groups in total. The average molecular weight is 201 g/mol. The van der Waals surface area contributed by atoms with Crippen LogP contribution in [0.1, 0.15) is 0 Å². The van der Waals surface area contributed by atoms with Gasteiger partial charge in [0.15, 0.2) is 6.23 Å².